The molecule has 0 aliphatic carbocycles. The van der Waals surface area contributed by atoms with Gasteiger partial charge in [0.15, 0.2) is 0 Å². The maximum atomic E-state index is 11.1. The van der Waals surface area contributed by atoms with Crippen LogP contribution in [0.4, 0.5) is 0 Å². The number of carboxylic acid groups (broad SMARTS) is 1. The van der Waals surface area contributed by atoms with Gasteiger partial charge in [0.1, 0.15) is 6.04 Å². The van der Waals surface area contributed by atoms with Gasteiger partial charge >= 0.3 is 5.97 Å². The summed E-state index contributed by atoms with van der Waals surface area (Å²) in [5, 5.41) is 14.0. The fraction of sp³-hybridized carbons (Fsp3) is 0.312. The highest BCUT2D eigenvalue weighted by Gasteiger charge is 2.18. The van der Waals surface area contributed by atoms with E-state index >= 15 is 0 Å². The van der Waals surface area contributed by atoms with Crippen LogP contribution < -0.4 is 10.6 Å². The molecule has 0 unspecified atom stereocenters. The van der Waals surface area contributed by atoms with Crippen molar-refractivity contribution in [3.63, 3.8) is 0 Å². The molecule has 1 atom stereocenters. The predicted octanol–water partition coefficient (Wildman–Crippen LogP) is 0.306. The number of carboxylic acids is 1. The molecule has 0 aromatic heterocycles. The van der Waals surface area contributed by atoms with Crippen molar-refractivity contribution in [1.29, 1.82) is 0 Å². The number of benzene rings is 1. The third kappa shape index (κ3) is 6.57. The summed E-state index contributed by atoms with van der Waals surface area (Å²) in [4.78, 5) is 32.8. The summed E-state index contributed by atoms with van der Waals surface area (Å²) in [5.74, 6) is 4.06. The van der Waals surface area contributed by atoms with Gasteiger partial charge in [-0.3, -0.25) is 9.59 Å². The molecule has 0 saturated heterocycles. The van der Waals surface area contributed by atoms with Crippen molar-refractivity contribution in [2.75, 3.05) is 6.54 Å². The van der Waals surface area contributed by atoms with Crippen LogP contribution in [0.3, 0.4) is 0 Å². The largest absolute Gasteiger partial charge is 0.480 e. The summed E-state index contributed by atoms with van der Waals surface area (Å²) in [6.45, 7) is 2.94. The molecule has 3 N–H and O–H groups in total. The summed E-state index contributed by atoms with van der Waals surface area (Å²) in [7, 11) is 0. The van der Waals surface area contributed by atoms with Crippen molar-refractivity contribution in [2.45, 2.75) is 26.3 Å². The second-order valence-corrected chi connectivity index (χ2v) is 4.71. The summed E-state index contributed by atoms with van der Waals surface area (Å²) in [6.07, 6.45) is 0.177. The Kier molecular flexibility index (Phi) is 6.64. The fourth-order valence-corrected chi connectivity index (χ4v) is 1.77. The molecule has 1 rings (SSSR count). The Labute approximate surface area is 128 Å². The molecule has 6 nitrogen and oxygen atoms in total. The zero-order valence-electron chi connectivity index (χ0n) is 12.5. The van der Waals surface area contributed by atoms with E-state index < -0.39 is 17.9 Å². The first-order chi connectivity index (χ1) is 10.4. The number of nitrogens with one attached hydrogen (secondary N) is 2. The van der Waals surface area contributed by atoms with Crippen LogP contribution in [0.2, 0.25) is 0 Å². The number of carbonyl (C=O) groups is 3. The van der Waals surface area contributed by atoms with E-state index in [-0.39, 0.29) is 18.9 Å². The first-order valence-corrected chi connectivity index (χ1v) is 6.70. The smallest absolute Gasteiger partial charge is 0.326 e. The quantitative estimate of drug-likeness (QED) is 0.682. The normalized spacial score (nSPS) is 10.8. The van der Waals surface area contributed by atoms with Crippen molar-refractivity contribution in [3.05, 3.63) is 35.4 Å². The van der Waals surface area contributed by atoms with Gasteiger partial charge in [0.25, 0.3) is 0 Å². The monoisotopic (exact) mass is 302 g/mol. The van der Waals surface area contributed by atoms with E-state index in [1.54, 1.807) is 24.3 Å². The fourth-order valence-electron chi connectivity index (χ4n) is 1.77. The Morgan fingerprint density at radius 3 is 2.55 bits per heavy atom. The van der Waals surface area contributed by atoms with Crippen LogP contribution in [0.15, 0.2) is 24.3 Å². The highest BCUT2D eigenvalue weighted by molar-refractivity contribution is 5.82. The van der Waals surface area contributed by atoms with E-state index in [9.17, 15) is 14.4 Å². The van der Waals surface area contributed by atoms with E-state index in [2.05, 4.69) is 22.5 Å². The lowest BCUT2D eigenvalue weighted by atomic mass is 10.0. The number of rotatable bonds is 5. The van der Waals surface area contributed by atoms with E-state index in [0.717, 1.165) is 11.1 Å². The molecule has 0 spiro atoms. The van der Waals surface area contributed by atoms with Gasteiger partial charge in [0.05, 0.1) is 6.54 Å². The van der Waals surface area contributed by atoms with Gasteiger partial charge in [0.2, 0.25) is 11.8 Å². The molecule has 0 aliphatic rings. The minimum absolute atomic E-state index is 0.150. The first kappa shape index (κ1) is 17.2. The van der Waals surface area contributed by atoms with Crippen molar-refractivity contribution < 1.29 is 19.5 Å². The zero-order chi connectivity index (χ0) is 16.5. The van der Waals surface area contributed by atoms with Crippen LogP contribution in [-0.4, -0.2) is 35.5 Å². The van der Waals surface area contributed by atoms with Crippen LogP contribution in [0, 0.1) is 11.8 Å². The molecule has 0 fully saturated rings. The summed E-state index contributed by atoms with van der Waals surface area (Å²) >= 11 is 0. The molecule has 116 valence electrons. The minimum Gasteiger partial charge on any atom is -0.480 e. The van der Waals surface area contributed by atoms with Crippen molar-refractivity contribution >= 4 is 17.8 Å². The average Bonchev–Trinajstić information content (AvgIpc) is 2.42. The number of aliphatic carboxylic acids is 1. The van der Waals surface area contributed by atoms with Crippen LogP contribution >= 0.6 is 0 Å². The molecule has 2 amide bonds. The predicted molar refractivity (Wildman–Crippen MR) is 80.9 cm³/mol. The minimum atomic E-state index is -1.09. The lowest BCUT2D eigenvalue weighted by Gasteiger charge is -2.13. The standard InChI is InChI=1S/C16H18N2O4/c1-11(19)17-8-4-7-13-5-3-6-14(9-13)10-15(16(21)22)18-12(2)20/h3,5-6,9,15H,8,10H2,1-2H3,(H,17,19)(H,18,20)(H,21,22)/t15-/m0/s1. The Bertz CT molecular complexity index is 629. The second kappa shape index (κ2) is 8.47. The topological polar surface area (TPSA) is 95.5 Å². The lowest BCUT2D eigenvalue weighted by Crippen LogP contribution is -2.41. The SMILES string of the molecule is CC(=O)NCC#Cc1cccc(C[C@H](NC(C)=O)C(=O)O)c1. The van der Waals surface area contributed by atoms with Crippen molar-refractivity contribution in [3.8, 4) is 11.8 Å². The van der Waals surface area contributed by atoms with Gasteiger partial charge < -0.3 is 15.7 Å². The maximum Gasteiger partial charge on any atom is 0.326 e. The first-order valence-electron chi connectivity index (χ1n) is 6.70. The number of hydrogen-bond donors (Lipinski definition) is 3. The maximum absolute atomic E-state index is 11.1. The second-order valence-electron chi connectivity index (χ2n) is 4.71. The lowest BCUT2D eigenvalue weighted by molar-refractivity contribution is -0.141. The molecule has 1 aromatic carbocycles. The third-order valence-corrected chi connectivity index (χ3v) is 2.70. The van der Waals surface area contributed by atoms with Crippen LogP contribution in [0.5, 0.6) is 0 Å². The van der Waals surface area contributed by atoms with Gasteiger partial charge in [-0.1, -0.05) is 24.0 Å². The molecule has 22 heavy (non-hydrogen) atoms. The van der Waals surface area contributed by atoms with Gasteiger partial charge in [-0.2, -0.15) is 0 Å². The molecular weight excluding hydrogens is 284 g/mol. The summed E-state index contributed by atoms with van der Waals surface area (Å²) < 4.78 is 0. The summed E-state index contributed by atoms with van der Waals surface area (Å²) in [6, 6.07) is 6.12. The Hall–Kier alpha value is -2.81. The van der Waals surface area contributed by atoms with E-state index in [1.165, 1.54) is 13.8 Å². The van der Waals surface area contributed by atoms with E-state index in [0.29, 0.717) is 0 Å². The van der Waals surface area contributed by atoms with Crippen LogP contribution in [0.1, 0.15) is 25.0 Å². The molecule has 0 heterocycles. The average molecular weight is 302 g/mol. The number of carbonyl (C=O) groups excluding carboxylic acids is 2. The highest BCUT2D eigenvalue weighted by atomic mass is 16.4. The molecular formula is C16H18N2O4. The molecule has 0 bridgehead atoms. The molecule has 0 saturated carbocycles. The van der Waals surface area contributed by atoms with E-state index in [4.69, 9.17) is 5.11 Å². The van der Waals surface area contributed by atoms with E-state index in [1.807, 2.05) is 0 Å². The highest BCUT2D eigenvalue weighted by Crippen LogP contribution is 2.07. The van der Waals surface area contributed by atoms with Gasteiger partial charge in [-0.05, 0) is 17.7 Å². The Morgan fingerprint density at radius 2 is 1.95 bits per heavy atom. The Balaban J connectivity index is 2.76. The molecule has 1 aromatic rings. The zero-order valence-corrected chi connectivity index (χ0v) is 12.5. The van der Waals surface area contributed by atoms with Gasteiger partial charge in [-0.25, -0.2) is 4.79 Å². The third-order valence-electron chi connectivity index (χ3n) is 2.70. The van der Waals surface area contributed by atoms with Crippen molar-refractivity contribution in [2.24, 2.45) is 0 Å². The molecule has 0 aliphatic heterocycles. The van der Waals surface area contributed by atoms with Gasteiger partial charge in [-0.15, -0.1) is 0 Å². The Morgan fingerprint density at radius 1 is 1.23 bits per heavy atom. The van der Waals surface area contributed by atoms with Crippen LogP contribution in [-0.2, 0) is 20.8 Å². The molecule has 0 radical (unpaired) electrons. The van der Waals surface area contributed by atoms with Crippen molar-refractivity contribution in [1.82, 2.24) is 10.6 Å². The number of hydrogen-bond acceptors (Lipinski definition) is 3. The molecule has 6 heteroatoms. The van der Waals surface area contributed by atoms with Crippen LogP contribution in [0.25, 0.3) is 0 Å². The van der Waals surface area contributed by atoms with Gasteiger partial charge in [0, 0.05) is 25.8 Å². The number of amides is 2. The summed E-state index contributed by atoms with van der Waals surface area (Å²) in [5.41, 5.74) is 1.47.